The largest absolute Gasteiger partial charge is 0.490 e. The van der Waals surface area contributed by atoms with Gasteiger partial charge in [-0.25, -0.2) is 10.2 Å². The normalized spacial score (nSPS) is 13.6. The van der Waals surface area contributed by atoms with Crippen molar-refractivity contribution in [2.24, 2.45) is 5.10 Å². The van der Waals surface area contributed by atoms with Crippen molar-refractivity contribution in [2.45, 2.75) is 18.4 Å². The van der Waals surface area contributed by atoms with Gasteiger partial charge in [-0.3, -0.25) is 4.79 Å². The molecule has 0 bridgehead atoms. The van der Waals surface area contributed by atoms with Crippen LogP contribution < -0.4 is 19.6 Å². The fraction of sp³-hybridized carbons (Fsp3) is 0.375. The third-order valence-electron chi connectivity index (χ3n) is 4.47. The van der Waals surface area contributed by atoms with E-state index in [-0.39, 0.29) is 25.7 Å². The van der Waals surface area contributed by atoms with Crippen molar-refractivity contribution in [3.63, 3.8) is 0 Å². The lowest BCUT2D eigenvalue weighted by Crippen LogP contribution is -2.24. The van der Waals surface area contributed by atoms with E-state index in [4.69, 9.17) is 18.9 Å². The van der Waals surface area contributed by atoms with Crippen LogP contribution in [0, 0.1) is 0 Å². The van der Waals surface area contributed by atoms with Crippen LogP contribution >= 0.6 is 23.5 Å². The lowest BCUT2D eigenvalue weighted by molar-refractivity contribution is -0.145. The molecule has 34 heavy (non-hydrogen) atoms. The Hall–Kier alpha value is -2.85. The minimum absolute atomic E-state index is 0.144. The van der Waals surface area contributed by atoms with Crippen LogP contribution in [0.1, 0.15) is 29.6 Å². The third kappa shape index (κ3) is 8.18. The molecule has 1 heterocycles. The Morgan fingerprint density at radius 1 is 0.971 bits per heavy atom. The van der Waals surface area contributed by atoms with Gasteiger partial charge < -0.3 is 18.9 Å². The van der Waals surface area contributed by atoms with Crippen molar-refractivity contribution >= 4 is 41.6 Å². The number of thioether (sulfide) groups is 2. The molecule has 1 amide bonds. The van der Waals surface area contributed by atoms with E-state index in [0.717, 1.165) is 0 Å². The molecule has 0 atom stereocenters. The standard InChI is InChI=1S/C24H28N2O6S2/c1-3-29-21-13-17(5-10-20(21)32-16-23(28)30-4-2)14-25-26-22(27)15-31-19-8-6-18(7-9-19)24-33-11-12-34-24/h5-10,13-14,24H,3-4,11-12,15-16H2,1-2H3,(H,26,27)/b25-14-. The Labute approximate surface area is 207 Å². The lowest BCUT2D eigenvalue weighted by Gasteiger charge is -2.12. The fourth-order valence-electron chi connectivity index (χ4n) is 2.96. The molecule has 3 rings (SSSR count). The summed E-state index contributed by atoms with van der Waals surface area (Å²) in [6.45, 7) is 3.93. The van der Waals surface area contributed by atoms with Crippen molar-refractivity contribution in [2.75, 3.05) is 37.9 Å². The summed E-state index contributed by atoms with van der Waals surface area (Å²) in [5.74, 6) is 3.04. The van der Waals surface area contributed by atoms with Gasteiger partial charge in [0.15, 0.2) is 24.7 Å². The molecule has 10 heteroatoms. The maximum absolute atomic E-state index is 12.1. The summed E-state index contributed by atoms with van der Waals surface area (Å²) in [5.41, 5.74) is 4.39. The van der Waals surface area contributed by atoms with Crippen LogP contribution in [0.25, 0.3) is 0 Å². The van der Waals surface area contributed by atoms with Gasteiger partial charge in [0.1, 0.15) is 5.75 Å². The molecule has 0 unspecified atom stereocenters. The highest BCUT2D eigenvalue weighted by atomic mass is 32.2. The Balaban J connectivity index is 1.47. The number of hydrogen-bond donors (Lipinski definition) is 1. The third-order valence-corrected chi connectivity index (χ3v) is 7.57. The highest BCUT2D eigenvalue weighted by Gasteiger charge is 2.18. The smallest absolute Gasteiger partial charge is 0.344 e. The maximum atomic E-state index is 12.1. The van der Waals surface area contributed by atoms with Crippen molar-refractivity contribution in [3.05, 3.63) is 53.6 Å². The Kier molecular flexibility index (Phi) is 10.4. The monoisotopic (exact) mass is 504 g/mol. The number of esters is 1. The molecule has 2 aromatic carbocycles. The van der Waals surface area contributed by atoms with Crippen LogP contribution in [0.15, 0.2) is 47.6 Å². The summed E-state index contributed by atoms with van der Waals surface area (Å²) in [6, 6.07) is 13.0. The second-order valence-corrected chi connectivity index (χ2v) is 9.68. The summed E-state index contributed by atoms with van der Waals surface area (Å²) in [7, 11) is 0. The highest BCUT2D eigenvalue weighted by Crippen LogP contribution is 2.45. The fourth-order valence-corrected chi connectivity index (χ4v) is 5.82. The van der Waals surface area contributed by atoms with Crippen LogP contribution in [0.2, 0.25) is 0 Å². The minimum atomic E-state index is -0.455. The molecule has 8 nitrogen and oxygen atoms in total. The van der Waals surface area contributed by atoms with Crippen LogP contribution in [0.4, 0.5) is 0 Å². The molecule has 2 aromatic rings. The van der Waals surface area contributed by atoms with Crippen molar-refractivity contribution < 1.29 is 28.5 Å². The first-order valence-corrected chi connectivity index (χ1v) is 13.0. The molecular weight excluding hydrogens is 476 g/mol. The van der Waals surface area contributed by atoms with Crippen molar-refractivity contribution in [3.8, 4) is 17.2 Å². The number of nitrogens with zero attached hydrogens (tertiary/aromatic N) is 1. The van der Waals surface area contributed by atoms with Crippen LogP contribution in [0.3, 0.4) is 0 Å². The Morgan fingerprint density at radius 3 is 2.44 bits per heavy atom. The SMILES string of the molecule is CCOC(=O)COc1ccc(/C=N\NC(=O)COc2ccc(C3SCCS3)cc2)cc1OCC. The van der Waals surface area contributed by atoms with Crippen LogP contribution in [-0.2, 0) is 14.3 Å². The molecule has 1 aliphatic heterocycles. The van der Waals surface area contributed by atoms with E-state index in [9.17, 15) is 9.59 Å². The zero-order chi connectivity index (χ0) is 24.2. The summed E-state index contributed by atoms with van der Waals surface area (Å²) in [5, 5.41) is 3.97. The Bertz CT molecular complexity index is 978. The van der Waals surface area contributed by atoms with Crippen LogP contribution in [-0.4, -0.2) is 56.0 Å². The number of rotatable bonds is 12. The Morgan fingerprint density at radius 2 is 1.74 bits per heavy atom. The van der Waals surface area contributed by atoms with Gasteiger partial charge in [0, 0.05) is 11.5 Å². The number of carbonyl (C=O) groups is 2. The second-order valence-electron chi connectivity index (χ2n) is 6.96. The minimum Gasteiger partial charge on any atom is -0.490 e. The molecule has 0 spiro atoms. The van der Waals surface area contributed by atoms with Gasteiger partial charge in [-0.2, -0.15) is 5.10 Å². The number of amides is 1. The zero-order valence-electron chi connectivity index (χ0n) is 19.2. The van der Waals surface area contributed by atoms with E-state index in [1.54, 1.807) is 25.1 Å². The van der Waals surface area contributed by atoms with Gasteiger partial charge in [-0.15, -0.1) is 23.5 Å². The molecule has 1 N–H and O–H groups in total. The lowest BCUT2D eigenvalue weighted by atomic mass is 10.2. The molecule has 1 fully saturated rings. The predicted octanol–water partition coefficient (Wildman–Crippen LogP) is 4.03. The predicted molar refractivity (Wildman–Crippen MR) is 135 cm³/mol. The van der Waals surface area contributed by atoms with E-state index in [1.165, 1.54) is 23.3 Å². The second kappa shape index (κ2) is 13.8. The number of benzene rings is 2. The van der Waals surface area contributed by atoms with Crippen LogP contribution in [0.5, 0.6) is 17.2 Å². The van der Waals surface area contributed by atoms with Gasteiger partial charge in [0.05, 0.1) is 24.0 Å². The molecule has 0 saturated carbocycles. The first-order valence-electron chi connectivity index (χ1n) is 10.9. The van der Waals surface area contributed by atoms with Gasteiger partial charge in [-0.05, 0) is 55.3 Å². The van der Waals surface area contributed by atoms with E-state index >= 15 is 0 Å². The molecule has 182 valence electrons. The molecule has 1 aliphatic rings. The number of nitrogens with one attached hydrogen (secondary N) is 1. The number of ether oxygens (including phenoxy) is 4. The van der Waals surface area contributed by atoms with E-state index in [2.05, 4.69) is 10.5 Å². The van der Waals surface area contributed by atoms with E-state index in [0.29, 0.717) is 34.0 Å². The van der Waals surface area contributed by atoms with Crippen molar-refractivity contribution in [1.29, 1.82) is 0 Å². The molecular formula is C24H28N2O6S2. The molecule has 1 saturated heterocycles. The van der Waals surface area contributed by atoms with Gasteiger partial charge in [0.25, 0.3) is 5.91 Å². The first-order chi connectivity index (χ1) is 16.6. The highest BCUT2D eigenvalue weighted by molar-refractivity contribution is 8.19. The maximum Gasteiger partial charge on any atom is 0.344 e. The topological polar surface area (TPSA) is 95.5 Å². The molecule has 0 aromatic heterocycles. The first kappa shape index (κ1) is 25.8. The van der Waals surface area contributed by atoms with E-state index in [1.807, 2.05) is 54.7 Å². The summed E-state index contributed by atoms with van der Waals surface area (Å²) in [6.07, 6.45) is 1.49. The summed E-state index contributed by atoms with van der Waals surface area (Å²) >= 11 is 3.89. The zero-order valence-corrected chi connectivity index (χ0v) is 20.8. The van der Waals surface area contributed by atoms with Crippen molar-refractivity contribution in [1.82, 2.24) is 5.43 Å². The number of hydrazone groups is 1. The molecule has 0 radical (unpaired) electrons. The quantitative estimate of drug-likeness (QED) is 0.263. The average Bonchev–Trinajstić information content (AvgIpc) is 3.38. The molecule has 0 aliphatic carbocycles. The summed E-state index contributed by atoms with van der Waals surface area (Å²) < 4.78 is 21.9. The number of carbonyl (C=O) groups excluding carboxylic acids is 2. The summed E-state index contributed by atoms with van der Waals surface area (Å²) in [4.78, 5) is 23.6. The number of hydrogen-bond acceptors (Lipinski definition) is 9. The van der Waals surface area contributed by atoms with Gasteiger partial charge in [-0.1, -0.05) is 12.1 Å². The van der Waals surface area contributed by atoms with Gasteiger partial charge >= 0.3 is 5.97 Å². The average molecular weight is 505 g/mol. The van der Waals surface area contributed by atoms with E-state index < -0.39 is 5.97 Å². The van der Waals surface area contributed by atoms with Gasteiger partial charge in [0.2, 0.25) is 0 Å².